The predicted octanol–water partition coefficient (Wildman–Crippen LogP) is 1.89. The van der Waals surface area contributed by atoms with Crippen LogP contribution in [0.15, 0.2) is 30.3 Å². The fraction of sp³-hybridized carbons (Fsp3) is 0.409. The van der Waals surface area contributed by atoms with Gasteiger partial charge in [-0.15, -0.1) is 10.2 Å². The number of nitrogens with one attached hydrogen (secondary N) is 1. The van der Waals surface area contributed by atoms with Gasteiger partial charge in [0.05, 0.1) is 17.2 Å². The van der Waals surface area contributed by atoms with Crippen LogP contribution in [0.2, 0.25) is 0 Å². The number of aromatic nitrogens is 2. The van der Waals surface area contributed by atoms with Crippen LogP contribution < -0.4 is 10.2 Å². The van der Waals surface area contributed by atoms with Crippen LogP contribution in [0.4, 0.5) is 24.7 Å². The number of hydrogen-bond donors (Lipinski definition) is 2. The molecule has 4 heterocycles. The molecule has 3 atom stereocenters. The number of amides is 1. The third kappa shape index (κ3) is 4.51. The van der Waals surface area contributed by atoms with E-state index in [-0.39, 0.29) is 30.0 Å². The molecule has 34 heavy (non-hydrogen) atoms. The largest absolute Gasteiger partial charge is 0.417 e. The number of nitriles is 2. The zero-order valence-electron chi connectivity index (χ0n) is 18.0. The number of benzene rings is 1. The van der Waals surface area contributed by atoms with E-state index in [0.29, 0.717) is 25.0 Å². The fourth-order valence-corrected chi connectivity index (χ4v) is 4.45. The smallest absolute Gasteiger partial charge is 0.379 e. The van der Waals surface area contributed by atoms with Crippen LogP contribution in [0, 0.1) is 22.7 Å². The molecule has 1 amide bonds. The van der Waals surface area contributed by atoms with Gasteiger partial charge in [0, 0.05) is 37.4 Å². The zero-order chi connectivity index (χ0) is 24.7. The summed E-state index contributed by atoms with van der Waals surface area (Å²) in [4.78, 5) is 16.7. The Kier molecular flexibility index (Phi) is 5.89. The van der Waals surface area contributed by atoms with Gasteiger partial charge in [-0.3, -0.25) is 9.69 Å². The second-order valence-corrected chi connectivity index (χ2v) is 8.63. The monoisotopic (exact) mass is 471 g/mol. The molecule has 9 nitrogen and oxygen atoms in total. The number of halogens is 3. The number of hydrogen-bond acceptors (Lipinski definition) is 8. The van der Waals surface area contributed by atoms with Crippen molar-refractivity contribution in [3.8, 4) is 12.1 Å². The van der Waals surface area contributed by atoms with Crippen molar-refractivity contribution in [2.75, 3.05) is 29.9 Å². The van der Waals surface area contributed by atoms with E-state index in [2.05, 4.69) is 20.4 Å². The van der Waals surface area contributed by atoms with E-state index in [0.717, 1.165) is 12.5 Å². The molecule has 2 N–H and O–H groups in total. The average molecular weight is 471 g/mol. The Morgan fingerprint density at radius 2 is 1.88 bits per heavy atom. The Hall–Kier alpha value is -3.74. The number of piperazine rings is 1. The lowest BCUT2D eigenvalue weighted by Crippen LogP contribution is -2.70. The molecule has 0 radical (unpaired) electrons. The van der Waals surface area contributed by atoms with Crippen molar-refractivity contribution >= 4 is 17.4 Å². The summed E-state index contributed by atoms with van der Waals surface area (Å²) >= 11 is 0. The van der Waals surface area contributed by atoms with Crippen LogP contribution in [0.25, 0.3) is 0 Å². The molecule has 1 aromatic carbocycles. The fourth-order valence-electron chi connectivity index (χ4n) is 4.45. The lowest BCUT2D eigenvalue weighted by Gasteiger charge is -2.57. The summed E-state index contributed by atoms with van der Waals surface area (Å²) in [5.74, 6) is -0.190. The summed E-state index contributed by atoms with van der Waals surface area (Å²) in [7, 11) is 0. The van der Waals surface area contributed by atoms with Crippen molar-refractivity contribution in [2.45, 2.75) is 37.2 Å². The second kappa shape index (κ2) is 8.56. The number of carbonyl (C=O) groups is 1. The van der Waals surface area contributed by atoms with Crippen LogP contribution in [0.3, 0.4) is 0 Å². The molecule has 0 spiro atoms. The van der Waals surface area contributed by atoms with Gasteiger partial charge in [-0.05, 0) is 43.7 Å². The maximum absolute atomic E-state index is 13.2. The van der Waals surface area contributed by atoms with Crippen molar-refractivity contribution < 1.29 is 23.1 Å². The number of aliphatic hydroxyl groups is 1. The van der Waals surface area contributed by atoms with Crippen LogP contribution >= 0.6 is 0 Å². The van der Waals surface area contributed by atoms with Crippen molar-refractivity contribution in [3.63, 3.8) is 0 Å². The molecule has 5 rings (SSSR count). The summed E-state index contributed by atoms with van der Waals surface area (Å²) in [6.45, 7) is 2.40. The first kappa shape index (κ1) is 23.4. The Balaban J connectivity index is 1.39. The average Bonchev–Trinajstić information content (AvgIpc) is 2.78. The van der Waals surface area contributed by atoms with Gasteiger partial charge in [-0.1, -0.05) is 0 Å². The first-order valence-corrected chi connectivity index (χ1v) is 10.4. The zero-order valence-corrected chi connectivity index (χ0v) is 18.0. The van der Waals surface area contributed by atoms with Crippen LogP contribution in [0.5, 0.6) is 0 Å². The molecule has 1 aromatic heterocycles. The third-order valence-electron chi connectivity index (χ3n) is 6.02. The third-order valence-corrected chi connectivity index (χ3v) is 6.02. The summed E-state index contributed by atoms with van der Waals surface area (Å²) in [6.07, 6.45) is -3.84. The number of piperidine rings is 1. The number of nitrogens with zero attached hydrogens (tertiary/aromatic N) is 6. The Bertz CT molecular complexity index is 1170. The molecule has 3 fully saturated rings. The van der Waals surface area contributed by atoms with Gasteiger partial charge in [-0.2, -0.15) is 23.7 Å². The quantitative estimate of drug-likeness (QED) is 0.677. The maximum atomic E-state index is 13.2. The lowest BCUT2D eigenvalue weighted by molar-refractivity contribution is -0.138. The van der Waals surface area contributed by atoms with Gasteiger partial charge in [0.2, 0.25) is 0 Å². The molecule has 12 heteroatoms. The SMILES string of the molecule is C[C@](O)(CN1CC2CC(C1)N2c1ccc(C#N)nn1)C(=O)Nc1ccc(C#N)c(C(F)(F)F)c1. The standard InChI is InChI=1S/C22H20F3N7O2/c1-21(34,20(33)28-14-3-2-13(8-26)18(6-14)22(23,24)25)12-31-10-16-7-17(11-31)32(16)19-5-4-15(9-27)29-30-19/h2-6,16-17,34H,7,10-12H2,1H3,(H,28,33)/t16?,17?,21-/m0/s1. The second-order valence-electron chi connectivity index (χ2n) is 8.63. The summed E-state index contributed by atoms with van der Waals surface area (Å²) < 4.78 is 39.5. The minimum absolute atomic E-state index is 0.0128. The van der Waals surface area contributed by atoms with Crippen molar-refractivity contribution in [3.05, 3.63) is 47.2 Å². The molecule has 0 aliphatic carbocycles. The van der Waals surface area contributed by atoms with E-state index in [4.69, 9.17) is 10.5 Å². The van der Waals surface area contributed by atoms with E-state index >= 15 is 0 Å². The van der Waals surface area contributed by atoms with Crippen LogP contribution in [-0.4, -0.2) is 63.4 Å². The summed E-state index contributed by atoms with van der Waals surface area (Å²) in [5.41, 5.74) is -3.52. The molecule has 0 saturated carbocycles. The number of fused-ring (bicyclic) bond motifs is 2. The normalized spacial score (nSPS) is 21.6. The number of carbonyl (C=O) groups excluding carboxylic acids is 1. The number of rotatable bonds is 5. The number of anilines is 2. The molecular formula is C22H20F3N7O2. The summed E-state index contributed by atoms with van der Waals surface area (Å²) in [5, 5.41) is 38.8. The van der Waals surface area contributed by atoms with E-state index in [1.54, 1.807) is 12.1 Å². The molecule has 2 bridgehead atoms. The maximum Gasteiger partial charge on any atom is 0.417 e. The predicted molar refractivity (Wildman–Crippen MR) is 113 cm³/mol. The highest BCUT2D eigenvalue weighted by atomic mass is 19.4. The molecule has 176 valence electrons. The van der Waals surface area contributed by atoms with E-state index in [9.17, 15) is 23.1 Å². The highest BCUT2D eigenvalue weighted by molar-refractivity contribution is 5.97. The lowest BCUT2D eigenvalue weighted by atomic mass is 9.86. The molecule has 3 saturated heterocycles. The first-order chi connectivity index (χ1) is 16.0. The van der Waals surface area contributed by atoms with Crippen molar-refractivity contribution in [1.82, 2.24) is 15.1 Å². The van der Waals surface area contributed by atoms with Gasteiger partial charge in [0.15, 0.2) is 17.1 Å². The van der Waals surface area contributed by atoms with Gasteiger partial charge < -0.3 is 15.3 Å². The minimum Gasteiger partial charge on any atom is -0.379 e. The van der Waals surface area contributed by atoms with E-state index < -0.39 is 28.8 Å². The summed E-state index contributed by atoms with van der Waals surface area (Å²) in [6, 6.07) is 9.78. The molecular weight excluding hydrogens is 451 g/mol. The molecule has 3 aliphatic heterocycles. The van der Waals surface area contributed by atoms with Crippen LogP contribution in [-0.2, 0) is 11.0 Å². The van der Waals surface area contributed by atoms with Gasteiger partial charge >= 0.3 is 6.18 Å². The number of alkyl halides is 3. The minimum atomic E-state index is -4.76. The Labute approximate surface area is 193 Å². The highest BCUT2D eigenvalue weighted by Crippen LogP contribution is 2.36. The topological polar surface area (TPSA) is 129 Å². The van der Waals surface area contributed by atoms with Crippen molar-refractivity contribution in [1.29, 1.82) is 10.5 Å². The molecule has 3 aliphatic rings. The first-order valence-electron chi connectivity index (χ1n) is 10.4. The van der Waals surface area contributed by atoms with Crippen molar-refractivity contribution in [2.24, 2.45) is 0 Å². The van der Waals surface area contributed by atoms with E-state index in [1.165, 1.54) is 19.1 Å². The Morgan fingerprint density at radius 3 is 2.44 bits per heavy atom. The molecule has 2 unspecified atom stereocenters. The van der Waals surface area contributed by atoms with Gasteiger partial charge in [0.1, 0.15) is 6.07 Å². The van der Waals surface area contributed by atoms with Crippen LogP contribution in [0.1, 0.15) is 30.2 Å². The van der Waals surface area contributed by atoms with Gasteiger partial charge in [-0.25, -0.2) is 0 Å². The highest BCUT2D eigenvalue weighted by Gasteiger charge is 2.47. The molecule has 2 aromatic rings. The Morgan fingerprint density at radius 1 is 1.18 bits per heavy atom. The van der Waals surface area contributed by atoms with E-state index in [1.807, 2.05) is 11.0 Å². The van der Waals surface area contributed by atoms with Gasteiger partial charge in [0.25, 0.3) is 5.91 Å².